The standard InChI is InChI=1S/C13H16N2O2S/c1-10-3-2-4-11(5-10)6-14-12(16)7-15-9-18-8-13(15)17/h2-5H,6-9H2,1H3,(H,14,16). The monoisotopic (exact) mass is 264 g/mol. The summed E-state index contributed by atoms with van der Waals surface area (Å²) in [7, 11) is 0. The van der Waals surface area contributed by atoms with Crippen molar-refractivity contribution in [3.8, 4) is 0 Å². The number of nitrogens with zero attached hydrogens (tertiary/aromatic N) is 1. The van der Waals surface area contributed by atoms with Crippen LogP contribution in [0.5, 0.6) is 0 Å². The second kappa shape index (κ2) is 5.91. The number of benzene rings is 1. The van der Waals surface area contributed by atoms with Crippen LogP contribution in [0.3, 0.4) is 0 Å². The van der Waals surface area contributed by atoms with E-state index >= 15 is 0 Å². The molecule has 1 saturated heterocycles. The lowest BCUT2D eigenvalue weighted by molar-refractivity contribution is -0.132. The van der Waals surface area contributed by atoms with Crippen LogP contribution in [0, 0.1) is 6.92 Å². The van der Waals surface area contributed by atoms with Crippen molar-refractivity contribution < 1.29 is 9.59 Å². The van der Waals surface area contributed by atoms with E-state index in [1.807, 2.05) is 31.2 Å². The molecule has 0 saturated carbocycles. The molecule has 0 aliphatic carbocycles. The highest BCUT2D eigenvalue weighted by Gasteiger charge is 2.22. The molecule has 2 amide bonds. The Labute approximate surface area is 111 Å². The number of amides is 2. The highest BCUT2D eigenvalue weighted by molar-refractivity contribution is 8.00. The Morgan fingerprint density at radius 2 is 2.33 bits per heavy atom. The number of nitrogens with one attached hydrogen (secondary N) is 1. The maximum atomic E-state index is 11.7. The minimum atomic E-state index is -0.104. The van der Waals surface area contributed by atoms with Crippen LogP contribution < -0.4 is 5.32 Å². The second-order valence-electron chi connectivity index (χ2n) is 4.34. The van der Waals surface area contributed by atoms with Gasteiger partial charge in [0, 0.05) is 6.54 Å². The van der Waals surface area contributed by atoms with Crippen molar-refractivity contribution in [3.05, 3.63) is 35.4 Å². The molecule has 1 fully saturated rings. The lowest BCUT2D eigenvalue weighted by atomic mass is 10.1. The highest BCUT2D eigenvalue weighted by Crippen LogP contribution is 2.13. The Kier molecular flexibility index (Phi) is 4.25. The fourth-order valence-electron chi connectivity index (χ4n) is 1.79. The first-order valence-corrected chi connectivity index (χ1v) is 6.98. The molecule has 4 nitrogen and oxygen atoms in total. The SMILES string of the molecule is Cc1cccc(CNC(=O)CN2CSCC2=O)c1. The van der Waals surface area contributed by atoms with Gasteiger partial charge in [-0.1, -0.05) is 29.8 Å². The van der Waals surface area contributed by atoms with E-state index in [1.54, 1.807) is 16.7 Å². The molecule has 18 heavy (non-hydrogen) atoms. The summed E-state index contributed by atoms with van der Waals surface area (Å²) in [5, 5.41) is 2.83. The van der Waals surface area contributed by atoms with Gasteiger partial charge in [-0.3, -0.25) is 9.59 Å². The third-order valence-electron chi connectivity index (χ3n) is 2.73. The molecule has 5 heteroatoms. The van der Waals surface area contributed by atoms with Crippen LogP contribution in [-0.2, 0) is 16.1 Å². The predicted molar refractivity (Wildman–Crippen MR) is 72.1 cm³/mol. The van der Waals surface area contributed by atoms with E-state index in [9.17, 15) is 9.59 Å². The van der Waals surface area contributed by atoms with Gasteiger partial charge in [-0.25, -0.2) is 0 Å². The molecule has 1 heterocycles. The quantitative estimate of drug-likeness (QED) is 0.887. The maximum absolute atomic E-state index is 11.7. The summed E-state index contributed by atoms with van der Waals surface area (Å²) in [5.74, 6) is 1.06. The van der Waals surface area contributed by atoms with Crippen LogP contribution in [0.25, 0.3) is 0 Å². The Hall–Kier alpha value is -1.49. The van der Waals surface area contributed by atoms with Crippen molar-refractivity contribution in [1.29, 1.82) is 0 Å². The van der Waals surface area contributed by atoms with Crippen molar-refractivity contribution in [2.24, 2.45) is 0 Å². The van der Waals surface area contributed by atoms with Crippen LogP contribution >= 0.6 is 11.8 Å². The average molecular weight is 264 g/mol. The molecule has 96 valence electrons. The average Bonchev–Trinajstić information content (AvgIpc) is 2.73. The predicted octanol–water partition coefficient (Wildman–Crippen LogP) is 1.14. The number of hydrogen-bond acceptors (Lipinski definition) is 3. The topological polar surface area (TPSA) is 49.4 Å². The van der Waals surface area contributed by atoms with E-state index in [0.717, 1.165) is 5.56 Å². The van der Waals surface area contributed by atoms with Gasteiger partial charge in [-0.05, 0) is 12.5 Å². The highest BCUT2D eigenvalue weighted by atomic mass is 32.2. The van der Waals surface area contributed by atoms with Gasteiger partial charge in [0.1, 0.15) is 6.54 Å². The number of rotatable bonds is 4. The first-order valence-electron chi connectivity index (χ1n) is 5.83. The van der Waals surface area contributed by atoms with E-state index in [1.165, 1.54) is 5.56 Å². The molecular weight excluding hydrogens is 248 g/mol. The maximum Gasteiger partial charge on any atom is 0.239 e. The van der Waals surface area contributed by atoms with E-state index < -0.39 is 0 Å². The van der Waals surface area contributed by atoms with Crippen molar-refractivity contribution in [2.75, 3.05) is 18.2 Å². The summed E-state index contributed by atoms with van der Waals surface area (Å²) < 4.78 is 0. The molecule has 0 radical (unpaired) electrons. The summed E-state index contributed by atoms with van der Waals surface area (Å²) in [6.07, 6.45) is 0. The number of hydrogen-bond donors (Lipinski definition) is 1. The molecule has 1 N–H and O–H groups in total. The zero-order valence-corrected chi connectivity index (χ0v) is 11.1. The van der Waals surface area contributed by atoms with Crippen LogP contribution in [0.15, 0.2) is 24.3 Å². The molecule has 1 aliphatic heterocycles. The molecule has 0 spiro atoms. The fourth-order valence-corrected chi connectivity index (χ4v) is 2.70. The van der Waals surface area contributed by atoms with Gasteiger partial charge in [0.05, 0.1) is 11.6 Å². The van der Waals surface area contributed by atoms with Crippen molar-refractivity contribution in [1.82, 2.24) is 10.2 Å². The van der Waals surface area contributed by atoms with E-state index in [2.05, 4.69) is 5.32 Å². The van der Waals surface area contributed by atoms with Gasteiger partial charge in [-0.2, -0.15) is 0 Å². The van der Waals surface area contributed by atoms with E-state index in [0.29, 0.717) is 18.2 Å². The van der Waals surface area contributed by atoms with Gasteiger partial charge < -0.3 is 10.2 Å². The summed E-state index contributed by atoms with van der Waals surface area (Å²) in [6.45, 7) is 2.69. The summed E-state index contributed by atoms with van der Waals surface area (Å²) in [4.78, 5) is 24.6. The molecule has 1 aliphatic rings. The fraction of sp³-hybridized carbons (Fsp3) is 0.385. The smallest absolute Gasteiger partial charge is 0.239 e. The first kappa shape index (κ1) is 13.0. The molecular formula is C13H16N2O2S. The third kappa shape index (κ3) is 3.50. The van der Waals surface area contributed by atoms with Gasteiger partial charge in [0.2, 0.25) is 11.8 Å². The Bertz CT molecular complexity index is 462. The Balaban J connectivity index is 1.79. The minimum absolute atomic E-state index is 0.0469. The summed E-state index contributed by atoms with van der Waals surface area (Å²) in [5.41, 5.74) is 2.25. The van der Waals surface area contributed by atoms with Crippen molar-refractivity contribution >= 4 is 23.6 Å². The minimum Gasteiger partial charge on any atom is -0.350 e. The van der Waals surface area contributed by atoms with Gasteiger partial charge in [-0.15, -0.1) is 11.8 Å². The van der Waals surface area contributed by atoms with Crippen LogP contribution in [0.1, 0.15) is 11.1 Å². The van der Waals surface area contributed by atoms with Gasteiger partial charge in [0.15, 0.2) is 0 Å². The van der Waals surface area contributed by atoms with Crippen molar-refractivity contribution in [2.45, 2.75) is 13.5 Å². The number of carbonyl (C=O) groups is 2. The van der Waals surface area contributed by atoms with Crippen LogP contribution in [-0.4, -0.2) is 34.9 Å². The van der Waals surface area contributed by atoms with Gasteiger partial charge in [0.25, 0.3) is 0 Å². The lowest BCUT2D eigenvalue weighted by Crippen LogP contribution is -2.37. The van der Waals surface area contributed by atoms with Gasteiger partial charge >= 0.3 is 0 Å². The second-order valence-corrected chi connectivity index (χ2v) is 5.29. The third-order valence-corrected chi connectivity index (χ3v) is 3.68. The lowest BCUT2D eigenvalue weighted by Gasteiger charge is -2.14. The zero-order chi connectivity index (χ0) is 13.0. The van der Waals surface area contributed by atoms with E-state index in [4.69, 9.17) is 0 Å². The number of aryl methyl sites for hydroxylation is 1. The molecule has 0 atom stereocenters. The molecule has 1 aromatic carbocycles. The first-order chi connectivity index (χ1) is 8.65. The molecule has 0 bridgehead atoms. The Morgan fingerprint density at radius 3 is 3.00 bits per heavy atom. The summed E-state index contributed by atoms with van der Waals surface area (Å²) >= 11 is 1.55. The van der Waals surface area contributed by atoms with Crippen molar-refractivity contribution in [3.63, 3.8) is 0 Å². The van der Waals surface area contributed by atoms with E-state index in [-0.39, 0.29) is 18.4 Å². The zero-order valence-electron chi connectivity index (χ0n) is 10.3. The number of carbonyl (C=O) groups excluding carboxylic acids is 2. The molecule has 0 aromatic heterocycles. The molecule has 0 unspecified atom stereocenters. The molecule has 2 rings (SSSR count). The summed E-state index contributed by atoms with van der Waals surface area (Å²) in [6, 6.07) is 8.00. The number of thioether (sulfide) groups is 1. The molecule has 1 aromatic rings. The van der Waals surface area contributed by atoms with Crippen LogP contribution in [0.2, 0.25) is 0 Å². The largest absolute Gasteiger partial charge is 0.350 e. The van der Waals surface area contributed by atoms with Crippen LogP contribution in [0.4, 0.5) is 0 Å². The normalized spacial score (nSPS) is 14.9. The Morgan fingerprint density at radius 1 is 1.50 bits per heavy atom.